The highest BCUT2D eigenvalue weighted by Gasteiger charge is 2.46. The number of fused-ring (bicyclic) bond motifs is 1. The molecule has 2 N–H and O–H groups in total. The van der Waals surface area contributed by atoms with Gasteiger partial charge < -0.3 is 10.6 Å². The van der Waals surface area contributed by atoms with Gasteiger partial charge >= 0.3 is 0 Å². The van der Waals surface area contributed by atoms with E-state index < -0.39 is 0 Å². The topological polar surface area (TPSA) is 46.3 Å². The zero-order chi connectivity index (χ0) is 13.7. The second kappa shape index (κ2) is 4.60. The van der Waals surface area contributed by atoms with Crippen LogP contribution in [-0.4, -0.2) is 11.9 Å². The summed E-state index contributed by atoms with van der Waals surface area (Å²) in [5.41, 5.74) is 8.49. The lowest BCUT2D eigenvalue weighted by atomic mass is 9.80. The van der Waals surface area contributed by atoms with Gasteiger partial charge in [-0.15, -0.1) is 0 Å². The van der Waals surface area contributed by atoms with Crippen LogP contribution in [-0.2, 0) is 4.79 Å². The summed E-state index contributed by atoms with van der Waals surface area (Å²) in [4.78, 5) is 14.1. The molecule has 1 unspecified atom stereocenters. The first-order chi connectivity index (χ1) is 9.00. The molecule has 3 atom stereocenters. The van der Waals surface area contributed by atoms with E-state index in [-0.39, 0.29) is 18.0 Å². The summed E-state index contributed by atoms with van der Waals surface area (Å²) in [7, 11) is 0. The van der Waals surface area contributed by atoms with Gasteiger partial charge in [0, 0.05) is 29.2 Å². The first-order valence-electron chi connectivity index (χ1n) is 6.85. The fourth-order valence-electron chi connectivity index (χ4n) is 3.36. The van der Waals surface area contributed by atoms with E-state index in [2.05, 4.69) is 28.9 Å². The Hall–Kier alpha value is -0.870. The van der Waals surface area contributed by atoms with Crippen molar-refractivity contribution in [3.8, 4) is 0 Å². The predicted octanol–water partition coefficient (Wildman–Crippen LogP) is 3.23. The maximum Gasteiger partial charge on any atom is 0.224 e. The van der Waals surface area contributed by atoms with Crippen molar-refractivity contribution in [3.05, 3.63) is 28.2 Å². The van der Waals surface area contributed by atoms with Crippen LogP contribution in [0.15, 0.2) is 22.7 Å². The van der Waals surface area contributed by atoms with Crippen molar-refractivity contribution < 1.29 is 4.79 Å². The Bertz CT molecular complexity index is 527. The number of hydrogen-bond acceptors (Lipinski definition) is 2. The van der Waals surface area contributed by atoms with Crippen LogP contribution in [0.3, 0.4) is 0 Å². The standard InChI is InChI=1S/C15H19BrN2O/c1-8-14(17)12-7-11(16)5-6-13(12)18(9(2)19)15(8)10-3-4-10/h5-8,10,14-15H,3-4,17H2,1-2H3/t8-,14-,15?/m1/s1. The lowest BCUT2D eigenvalue weighted by molar-refractivity contribution is -0.117. The summed E-state index contributed by atoms with van der Waals surface area (Å²) >= 11 is 3.49. The van der Waals surface area contributed by atoms with Crippen molar-refractivity contribution in [3.63, 3.8) is 0 Å². The summed E-state index contributed by atoms with van der Waals surface area (Å²) in [5, 5.41) is 0. The Morgan fingerprint density at radius 3 is 2.68 bits per heavy atom. The number of carbonyl (C=O) groups is 1. The average molecular weight is 323 g/mol. The second-order valence-electron chi connectivity index (χ2n) is 5.81. The second-order valence-corrected chi connectivity index (χ2v) is 6.72. The Morgan fingerprint density at radius 2 is 2.11 bits per heavy atom. The van der Waals surface area contributed by atoms with Gasteiger partial charge in [0.1, 0.15) is 0 Å². The Balaban J connectivity index is 2.13. The van der Waals surface area contributed by atoms with Crippen LogP contribution in [0.5, 0.6) is 0 Å². The molecular weight excluding hydrogens is 304 g/mol. The fraction of sp³-hybridized carbons (Fsp3) is 0.533. The third-order valence-electron chi connectivity index (χ3n) is 4.46. The number of hydrogen-bond donors (Lipinski definition) is 1. The van der Waals surface area contributed by atoms with Gasteiger partial charge in [-0.1, -0.05) is 22.9 Å². The van der Waals surface area contributed by atoms with Gasteiger partial charge in [-0.2, -0.15) is 0 Å². The highest BCUT2D eigenvalue weighted by molar-refractivity contribution is 9.10. The van der Waals surface area contributed by atoms with Crippen molar-refractivity contribution in [2.45, 2.75) is 38.8 Å². The molecule has 3 nitrogen and oxygen atoms in total. The highest BCUT2D eigenvalue weighted by Crippen LogP contribution is 2.48. The molecule has 0 saturated heterocycles. The molecule has 19 heavy (non-hydrogen) atoms. The Morgan fingerprint density at radius 1 is 1.42 bits per heavy atom. The van der Waals surface area contributed by atoms with Crippen LogP contribution in [0.4, 0.5) is 5.69 Å². The third kappa shape index (κ3) is 2.11. The average Bonchev–Trinajstić information content (AvgIpc) is 3.17. The van der Waals surface area contributed by atoms with Crippen LogP contribution in [0, 0.1) is 11.8 Å². The molecule has 0 aromatic heterocycles. The molecule has 1 aliphatic carbocycles. The van der Waals surface area contributed by atoms with E-state index in [9.17, 15) is 4.79 Å². The van der Waals surface area contributed by atoms with Crippen molar-refractivity contribution in [2.24, 2.45) is 17.6 Å². The molecule has 1 aliphatic heterocycles. The molecule has 102 valence electrons. The van der Waals surface area contributed by atoms with Gasteiger partial charge in [-0.25, -0.2) is 0 Å². The molecule has 1 heterocycles. The number of rotatable bonds is 1. The molecule has 1 saturated carbocycles. The molecule has 1 fully saturated rings. The molecule has 0 radical (unpaired) electrons. The fourth-order valence-corrected chi connectivity index (χ4v) is 3.74. The van der Waals surface area contributed by atoms with Crippen LogP contribution < -0.4 is 10.6 Å². The summed E-state index contributed by atoms with van der Waals surface area (Å²) in [6, 6.07) is 6.33. The van der Waals surface area contributed by atoms with E-state index >= 15 is 0 Å². The number of nitrogens with two attached hydrogens (primary N) is 1. The lowest BCUT2D eigenvalue weighted by Crippen LogP contribution is -2.51. The van der Waals surface area contributed by atoms with Crippen LogP contribution in [0.25, 0.3) is 0 Å². The van der Waals surface area contributed by atoms with E-state index in [1.165, 1.54) is 12.8 Å². The molecular formula is C15H19BrN2O. The smallest absolute Gasteiger partial charge is 0.224 e. The number of amides is 1. The minimum absolute atomic E-state index is 0.00806. The molecule has 1 aromatic carbocycles. The highest BCUT2D eigenvalue weighted by atomic mass is 79.9. The minimum atomic E-state index is 0.00806. The molecule has 4 heteroatoms. The van der Waals surface area contributed by atoms with Gasteiger partial charge in [-0.05, 0) is 48.4 Å². The van der Waals surface area contributed by atoms with Crippen molar-refractivity contribution in [1.29, 1.82) is 0 Å². The van der Waals surface area contributed by atoms with Crippen LogP contribution >= 0.6 is 15.9 Å². The van der Waals surface area contributed by atoms with E-state index in [1.54, 1.807) is 6.92 Å². The van der Waals surface area contributed by atoms with Gasteiger partial charge in [0.25, 0.3) is 0 Å². The number of carbonyl (C=O) groups excluding carboxylic acids is 1. The van der Waals surface area contributed by atoms with Crippen molar-refractivity contribution in [1.82, 2.24) is 0 Å². The number of anilines is 1. The molecule has 1 aromatic rings. The Kier molecular flexibility index (Phi) is 3.18. The van der Waals surface area contributed by atoms with E-state index in [1.807, 2.05) is 17.0 Å². The van der Waals surface area contributed by atoms with Gasteiger partial charge in [0.15, 0.2) is 0 Å². The van der Waals surface area contributed by atoms with Gasteiger partial charge in [-0.3, -0.25) is 4.79 Å². The van der Waals surface area contributed by atoms with Crippen LogP contribution in [0.2, 0.25) is 0 Å². The van der Waals surface area contributed by atoms with Crippen LogP contribution in [0.1, 0.15) is 38.3 Å². The molecule has 0 spiro atoms. The minimum Gasteiger partial charge on any atom is -0.324 e. The largest absolute Gasteiger partial charge is 0.324 e. The first kappa shape index (κ1) is 13.1. The third-order valence-corrected chi connectivity index (χ3v) is 4.95. The maximum absolute atomic E-state index is 12.1. The Labute approximate surface area is 122 Å². The molecule has 3 rings (SSSR count). The lowest BCUT2D eigenvalue weighted by Gasteiger charge is -2.44. The summed E-state index contributed by atoms with van der Waals surface area (Å²) in [6.07, 6.45) is 2.44. The molecule has 0 bridgehead atoms. The van der Waals surface area contributed by atoms with Crippen molar-refractivity contribution >= 4 is 27.5 Å². The zero-order valence-corrected chi connectivity index (χ0v) is 12.9. The van der Waals surface area contributed by atoms with Gasteiger partial charge in [0.05, 0.1) is 0 Å². The van der Waals surface area contributed by atoms with E-state index in [0.29, 0.717) is 11.8 Å². The van der Waals surface area contributed by atoms with E-state index in [4.69, 9.17) is 5.73 Å². The zero-order valence-electron chi connectivity index (χ0n) is 11.3. The summed E-state index contributed by atoms with van der Waals surface area (Å²) < 4.78 is 1.02. The van der Waals surface area contributed by atoms with Gasteiger partial charge in [0.2, 0.25) is 5.91 Å². The number of benzene rings is 1. The van der Waals surface area contributed by atoms with Crippen molar-refractivity contribution in [2.75, 3.05) is 4.90 Å². The molecule has 2 aliphatic rings. The number of halogens is 1. The monoisotopic (exact) mass is 322 g/mol. The molecule has 1 amide bonds. The van der Waals surface area contributed by atoms with E-state index in [0.717, 1.165) is 15.7 Å². The summed E-state index contributed by atoms with van der Waals surface area (Å²) in [5.74, 6) is 1.05. The summed E-state index contributed by atoms with van der Waals surface area (Å²) in [6.45, 7) is 3.83. The number of nitrogens with zero attached hydrogens (tertiary/aromatic N) is 1. The predicted molar refractivity (Wildman–Crippen MR) is 79.9 cm³/mol. The first-order valence-corrected chi connectivity index (χ1v) is 7.65. The quantitative estimate of drug-likeness (QED) is 0.862. The normalized spacial score (nSPS) is 30.1. The SMILES string of the molecule is CC(=O)N1c2ccc(Br)cc2[C@H](N)[C@@H](C)C1C1CC1. The maximum atomic E-state index is 12.1.